The van der Waals surface area contributed by atoms with Crippen LogP contribution in [0.2, 0.25) is 0 Å². The molecule has 3 aromatic rings. The topological polar surface area (TPSA) is 52.9 Å². The van der Waals surface area contributed by atoms with Crippen molar-refractivity contribution in [1.29, 1.82) is 0 Å². The molecule has 1 fully saturated rings. The molecule has 34 heavy (non-hydrogen) atoms. The van der Waals surface area contributed by atoms with E-state index in [0.29, 0.717) is 18.1 Å². The first-order valence-corrected chi connectivity index (χ1v) is 12.5. The lowest BCUT2D eigenvalue weighted by Crippen LogP contribution is -2.33. The molecule has 0 saturated carbocycles. The van der Waals surface area contributed by atoms with Crippen LogP contribution in [-0.4, -0.2) is 41.4 Å². The second-order valence-corrected chi connectivity index (χ2v) is 9.76. The van der Waals surface area contributed by atoms with Crippen LogP contribution in [0.4, 0.5) is 0 Å². The Bertz CT molecular complexity index is 1240. The van der Waals surface area contributed by atoms with Crippen molar-refractivity contribution < 1.29 is 14.9 Å². The Kier molecular flexibility index (Phi) is 5.54. The molecule has 0 amide bonds. The number of benzene rings is 3. The number of fused-ring (bicyclic) bond motifs is 4. The number of hydrogen-bond acceptors (Lipinski definition) is 4. The van der Waals surface area contributed by atoms with E-state index >= 15 is 0 Å². The smallest absolute Gasteiger partial charge is 0.119 e. The molecular weight excluding hydrogens is 422 g/mol. The average Bonchev–Trinajstić information content (AvgIpc) is 3.18. The lowest BCUT2D eigenvalue weighted by Gasteiger charge is -2.26. The number of nitrogens with zero attached hydrogens (tertiary/aromatic N) is 1. The van der Waals surface area contributed by atoms with Crippen LogP contribution < -0.4 is 4.74 Å². The van der Waals surface area contributed by atoms with Gasteiger partial charge in [-0.25, -0.2) is 0 Å². The molecule has 1 atom stereocenters. The Morgan fingerprint density at radius 2 is 1.53 bits per heavy atom. The molecule has 0 radical (unpaired) electrons. The zero-order valence-electron chi connectivity index (χ0n) is 19.5. The Hall–Kier alpha value is -3.24. The van der Waals surface area contributed by atoms with Crippen LogP contribution in [0.25, 0.3) is 11.1 Å². The minimum absolute atomic E-state index is 0.0584. The van der Waals surface area contributed by atoms with Gasteiger partial charge in [0, 0.05) is 12.5 Å². The molecule has 1 saturated heterocycles. The molecular formula is C30H31NO3. The molecule has 4 nitrogen and oxygen atoms in total. The van der Waals surface area contributed by atoms with Gasteiger partial charge in [-0.05, 0) is 114 Å². The zero-order valence-corrected chi connectivity index (χ0v) is 19.5. The molecule has 3 aromatic carbocycles. The standard InChI is InChI=1S/C30H31NO3/c32-22-7-12-25-21(18-22)6-11-27-26-13-8-23(33)19-28(26)29(30(25)27)20-4-9-24(10-5-20)34-17-16-31-14-2-1-3-15-31/h4-5,7-10,12-13,18-19,29,32-33H,1-3,6,11,14-17H2. The summed E-state index contributed by atoms with van der Waals surface area (Å²) in [7, 11) is 0. The number of phenols is 2. The van der Waals surface area contributed by atoms with E-state index in [1.54, 1.807) is 12.1 Å². The van der Waals surface area contributed by atoms with Gasteiger partial charge in [0.25, 0.3) is 0 Å². The molecule has 3 aliphatic rings. The van der Waals surface area contributed by atoms with Gasteiger partial charge in [0.2, 0.25) is 0 Å². The van der Waals surface area contributed by atoms with Gasteiger partial charge in [0.05, 0.1) is 0 Å². The molecule has 2 aliphatic carbocycles. The van der Waals surface area contributed by atoms with Gasteiger partial charge in [-0.15, -0.1) is 0 Å². The molecule has 174 valence electrons. The van der Waals surface area contributed by atoms with Crippen molar-refractivity contribution in [3.05, 3.63) is 88.5 Å². The molecule has 1 heterocycles. The maximum Gasteiger partial charge on any atom is 0.119 e. The second kappa shape index (κ2) is 8.84. The van der Waals surface area contributed by atoms with Gasteiger partial charge in [-0.1, -0.05) is 30.7 Å². The average molecular weight is 454 g/mol. The van der Waals surface area contributed by atoms with Crippen molar-refractivity contribution in [3.63, 3.8) is 0 Å². The quantitative estimate of drug-likeness (QED) is 0.500. The fraction of sp³-hybridized carbons (Fsp3) is 0.333. The van der Waals surface area contributed by atoms with Crippen LogP contribution in [0.5, 0.6) is 17.2 Å². The fourth-order valence-electron chi connectivity index (χ4n) is 6.01. The van der Waals surface area contributed by atoms with E-state index in [1.807, 2.05) is 12.1 Å². The summed E-state index contributed by atoms with van der Waals surface area (Å²) in [4.78, 5) is 2.49. The monoisotopic (exact) mass is 453 g/mol. The van der Waals surface area contributed by atoms with Crippen LogP contribution in [0.15, 0.2) is 60.7 Å². The van der Waals surface area contributed by atoms with Crippen LogP contribution in [0, 0.1) is 0 Å². The largest absolute Gasteiger partial charge is 0.508 e. The maximum atomic E-state index is 10.3. The Labute approximate surface area is 201 Å². The van der Waals surface area contributed by atoms with Crippen molar-refractivity contribution in [2.75, 3.05) is 26.2 Å². The molecule has 1 unspecified atom stereocenters. The highest BCUT2D eigenvalue weighted by Crippen LogP contribution is 2.55. The highest BCUT2D eigenvalue weighted by molar-refractivity contribution is 6.03. The number of piperidine rings is 1. The molecule has 0 aromatic heterocycles. The summed E-state index contributed by atoms with van der Waals surface area (Å²) >= 11 is 0. The third kappa shape index (κ3) is 3.86. The number of allylic oxidation sites excluding steroid dienone is 2. The third-order valence-corrected chi connectivity index (χ3v) is 7.65. The summed E-state index contributed by atoms with van der Waals surface area (Å²) in [5, 5.41) is 20.3. The van der Waals surface area contributed by atoms with Gasteiger partial charge in [0.1, 0.15) is 23.9 Å². The Balaban J connectivity index is 1.29. The van der Waals surface area contributed by atoms with Crippen molar-refractivity contribution in [2.24, 2.45) is 0 Å². The molecule has 2 N–H and O–H groups in total. The summed E-state index contributed by atoms with van der Waals surface area (Å²) in [6.45, 7) is 4.07. The molecule has 0 bridgehead atoms. The van der Waals surface area contributed by atoms with E-state index in [1.165, 1.54) is 65.8 Å². The van der Waals surface area contributed by atoms with E-state index < -0.39 is 0 Å². The lowest BCUT2D eigenvalue weighted by molar-refractivity contribution is 0.183. The Morgan fingerprint density at radius 3 is 2.32 bits per heavy atom. The van der Waals surface area contributed by atoms with Crippen LogP contribution in [-0.2, 0) is 6.42 Å². The van der Waals surface area contributed by atoms with Crippen molar-refractivity contribution >= 4 is 11.1 Å². The lowest BCUT2D eigenvalue weighted by atomic mass is 9.79. The minimum atomic E-state index is 0.0584. The first kappa shape index (κ1) is 21.3. The number of phenolic OH excluding ortho intramolecular Hbond substituents is 2. The predicted molar refractivity (Wildman–Crippen MR) is 135 cm³/mol. The van der Waals surface area contributed by atoms with Gasteiger partial charge in [0.15, 0.2) is 0 Å². The van der Waals surface area contributed by atoms with Crippen LogP contribution in [0.3, 0.4) is 0 Å². The maximum absolute atomic E-state index is 10.3. The molecule has 4 heteroatoms. The highest BCUT2D eigenvalue weighted by Gasteiger charge is 2.36. The molecule has 6 rings (SSSR count). The minimum Gasteiger partial charge on any atom is -0.508 e. The summed E-state index contributed by atoms with van der Waals surface area (Å²) in [5.41, 5.74) is 8.66. The zero-order chi connectivity index (χ0) is 23.1. The number of rotatable bonds is 5. The van der Waals surface area contributed by atoms with Gasteiger partial charge in [-0.3, -0.25) is 4.90 Å². The number of likely N-dealkylation sites (tertiary alicyclic amines) is 1. The van der Waals surface area contributed by atoms with E-state index in [9.17, 15) is 10.2 Å². The SMILES string of the molecule is Oc1ccc2c(c1)CCC1=C2C(c2ccc(OCCN3CCCCC3)cc2)c2cc(O)ccc21. The number of aromatic hydroxyl groups is 2. The van der Waals surface area contributed by atoms with Crippen LogP contribution in [0.1, 0.15) is 59.4 Å². The Morgan fingerprint density at radius 1 is 0.794 bits per heavy atom. The molecule has 1 aliphatic heterocycles. The van der Waals surface area contributed by atoms with Crippen molar-refractivity contribution in [2.45, 2.75) is 38.0 Å². The number of ether oxygens (including phenoxy) is 1. The fourth-order valence-corrected chi connectivity index (χ4v) is 6.01. The normalized spacial score (nSPS) is 19.5. The first-order chi connectivity index (χ1) is 16.7. The van der Waals surface area contributed by atoms with E-state index in [4.69, 9.17) is 4.74 Å². The summed E-state index contributed by atoms with van der Waals surface area (Å²) < 4.78 is 6.07. The second-order valence-electron chi connectivity index (χ2n) is 9.76. The number of aryl methyl sites for hydroxylation is 1. The summed E-state index contributed by atoms with van der Waals surface area (Å²) in [6, 6.07) is 20.0. The van der Waals surface area contributed by atoms with E-state index in [0.717, 1.165) is 30.7 Å². The van der Waals surface area contributed by atoms with Crippen LogP contribution >= 0.6 is 0 Å². The van der Waals surface area contributed by atoms with Crippen molar-refractivity contribution in [3.8, 4) is 17.2 Å². The summed E-state index contributed by atoms with van der Waals surface area (Å²) in [5.74, 6) is 1.58. The van der Waals surface area contributed by atoms with Gasteiger partial charge >= 0.3 is 0 Å². The van der Waals surface area contributed by atoms with Gasteiger partial charge in [-0.2, -0.15) is 0 Å². The first-order valence-electron chi connectivity index (χ1n) is 12.5. The van der Waals surface area contributed by atoms with E-state index in [-0.39, 0.29) is 5.92 Å². The summed E-state index contributed by atoms with van der Waals surface area (Å²) in [6.07, 6.45) is 5.81. The number of hydrogen-bond donors (Lipinski definition) is 2. The highest BCUT2D eigenvalue weighted by atomic mass is 16.5. The van der Waals surface area contributed by atoms with Crippen molar-refractivity contribution in [1.82, 2.24) is 4.90 Å². The predicted octanol–water partition coefficient (Wildman–Crippen LogP) is 5.97. The van der Waals surface area contributed by atoms with E-state index in [2.05, 4.69) is 41.3 Å². The third-order valence-electron chi connectivity index (χ3n) is 7.65. The van der Waals surface area contributed by atoms with Gasteiger partial charge < -0.3 is 14.9 Å². The molecule has 0 spiro atoms.